The number of pyridine rings is 1. The van der Waals surface area contributed by atoms with Gasteiger partial charge in [0.25, 0.3) is 10.3 Å². The molecular formula is C28H45ClN4O9P2S. The summed E-state index contributed by atoms with van der Waals surface area (Å²) in [5.74, 6) is 0.0865. The molecule has 0 aliphatic heterocycles. The highest BCUT2D eigenvalue weighted by molar-refractivity contribution is 8.13. The Balaban J connectivity index is 1.94. The number of nitrogens with zero attached hydrogens (tertiary/aromatic N) is 3. The summed E-state index contributed by atoms with van der Waals surface area (Å²) in [5.41, 5.74) is 1.43. The third-order valence-electron chi connectivity index (χ3n) is 7.54. The van der Waals surface area contributed by atoms with Gasteiger partial charge in [0.05, 0.1) is 11.2 Å². The van der Waals surface area contributed by atoms with Gasteiger partial charge in [-0.15, -0.1) is 0 Å². The van der Waals surface area contributed by atoms with Crippen molar-refractivity contribution in [2.75, 3.05) is 36.8 Å². The molecule has 1 aromatic heterocycles. The minimum atomic E-state index is -5.50. The first-order chi connectivity index (χ1) is 21.1. The van der Waals surface area contributed by atoms with Gasteiger partial charge in [0.2, 0.25) is 5.91 Å². The molecule has 6 N–H and O–H groups in total. The van der Waals surface area contributed by atoms with E-state index >= 15 is 0 Å². The average Bonchev–Trinajstić information content (AvgIpc) is 2.96. The number of hydrogen-bond acceptors (Lipinski definition) is 8. The molecule has 0 aliphatic carbocycles. The molecule has 0 fully saturated rings. The highest BCUT2D eigenvalue weighted by Crippen LogP contribution is 2.69. The van der Waals surface area contributed by atoms with Gasteiger partial charge in [-0.2, -0.15) is 0 Å². The SMILES string of the molecule is CCN(CC)CCCC(C)N(C(=O)SCCCC(=O)NCCCCC(O)(P(=O)(O)O)P(=O)(O)O)c1ccnc2cc(Cl)ccc12. The summed E-state index contributed by atoms with van der Waals surface area (Å²) in [5, 5.41) is 10.3. The molecule has 1 unspecified atom stereocenters. The smallest absolute Gasteiger partial charge is 0.368 e. The molecule has 0 saturated heterocycles. The van der Waals surface area contributed by atoms with Crippen LogP contribution in [-0.2, 0) is 13.9 Å². The molecule has 1 heterocycles. The summed E-state index contributed by atoms with van der Waals surface area (Å²) in [6.45, 7) is 9.21. The van der Waals surface area contributed by atoms with Crippen LogP contribution in [0.15, 0.2) is 30.5 Å². The first-order valence-corrected chi connectivity index (χ1v) is 19.5. The number of fused-ring (bicyclic) bond motifs is 1. The summed E-state index contributed by atoms with van der Waals surface area (Å²) in [4.78, 5) is 71.3. The number of aromatic nitrogens is 1. The highest BCUT2D eigenvalue weighted by Gasteiger charge is 2.58. The zero-order valence-corrected chi connectivity index (χ0v) is 29.2. The molecule has 2 rings (SSSR count). The summed E-state index contributed by atoms with van der Waals surface area (Å²) < 4.78 is 22.9. The number of rotatable bonds is 19. The Hall–Kier alpha value is -1.57. The van der Waals surface area contributed by atoms with Crippen LogP contribution in [0.3, 0.4) is 0 Å². The van der Waals surface area contributed by atoms with E-state index in [2.05, 4.69) is 29.0 Å². The van der Waals surface area contributed by atoms with Crippen molar-refractivity contribution in [2.24, 2.45) is 0 Å². The van der Waals surface area contributed by atoms with Gasteiger partial charge in [-0.1, -0.05) is 37.2 Å². The molecule has 13 nitrogen and oxygen atoms in total. The maximum absolute atomic E-state index is 13.6. The Morgan fingerprint density at radius 2 is 1.71 bits per heavy atom. The lowest BCUT2D eigenvalue weighted by Gasteiger charge is -2.30. The molecule has 2 amide bonds. The van der Waals surface area contributed by atoms with Crippen molar-refractivity contribution in [1.29, 1.82) is 0 Å². The van der Waals surface area contributed by atoms with Gasteiger partial charge in [-0.3, -0.25) is 28.6 Å². The van der Waals surface area contributed by atoms with Crippen molar-refractivity contribution in [3.8, 4) is 0 Å². The predicted molar refractivity (Wildman–Crippen MR) is 179 cm³/mol. The number of amides is 2. The fourth-order valence-electron chi connectivity index (χ4n) is 4.84. The van der Waals surface area contributed by atoms with Crippen LogP contribution in [0.1, 0.15) is 65.7 Å². The number of nitrogens with one attached hydrogen (secondary N) is 1. The zero-order valence-electron chi connectivity index (χ0n) is 25.8. The quantitative estimate of drug-likeness (QED) is 0.0831. The van der Waals surface area contributed by atoms with Gasteiger partial charge in [0.15, 0.2) is 0 Å². The van der Waals surface area contributed by atoms with E-state index in [4.69, 9.17) is 11.6 Å². The molecule has 0 radical (unpaired) electrons. The number of carbonyl (C=O) groups is 2. The number of thioether (sulfide) groups is 1. The lowest BCUT2D eigenvalue weighted by atomic mass is 10.1. The Labute approximate surface area is 273 Å². The van der Waals surface area contributed by atoms with Crippen molar-refractivity contribution >= 4 is 66.3 Å². The molecule has 0 bridgehead atoms. The lowest BCUT2D eigenvalue weighted by Crippen LogP contribution is -2.37. The van der Waals surface area contributed by atoms with Crippen LogP contribution in [-0.4, -0.2) is 88.8 Å². The Morgan fingerprint density at radius 3 is 2.33 bits per heavy atom. The maximum atomic E-state index is 13.6. The first-order valence-electron chi connectivity index (χ1n) is 14.9. The lowest BCUT2D eigenvalue weighted by molar-refractivity contribution is -0.121. The van der Waals surface area contributed by atoms with E-state index < -0.39 is 26.7 Å². The third-order valence-corrected chi connectivity index (χ3v) is 12.6. The van der Waals surface area contributed by atoms with E-state index in [-0.39, 0.29) is 43.0 Å². The summed E-state index contributed by atoms with van der Waals surface area (Å²) in [6, 6.07) is 7.11. The summed E-state index contributed by atoms with van der Waals surface area (Å²) >= 11 is 7.30. The van der Waals surface area contributed by atoms with E-state index in [1.165, 1.54) is 0 Å². The minimum absolute atomic E-state index is 0.0845. The standard InChI is InChI=1S/C28H45ClN4O9P2S/c1-4-32(5-2)18-8-10-21(3)33(25-14-17-30-24-20-22(29)12-13-23(24)25)27(35)45-19-9-11-26(34)31-16-7-6-15-28(36,43(37,38)39)44(40,41)42/h12-14,17,20-21,36H,4-11,15-16,18-19H2,1-3H3,(H,31,34)(H2,37,38,39)(H2,40,41,42). The average molecular weight is 711 g/mol. The Kier molecular flexibility index (Phi) is 15.9. The number of carbonyl (C=O) groups excluding carboxylic acids is 2. The largest absolute Gasteiger partial charge is 0.369 e. The molecule has 0 aliphatic rings. The van der Waals surface area contributed by atoms with Gasteiger partial charge >= 0.3 is 15.2 Å². The maximum Gasteiger partial charge on any atom is 0.369 e. The number of anilines is 1. The molecular weight excluding hydrogens is 666 g/mol. The van der Waals surface area contributed by atoms with Crippen LogP contribution in [0.5, 0.6) is 0 Å². The predicted octanol–water partition coefficient (Wildman–Crippen LogP) is 5.13. The van der Waals surface area contributed by atoms with Crippen LogP contribution in [0.4, 0.5) is 10.5 Å². The van der Waals surface area contributed by atoms with E-state index in [9.17, 15) is 43.4 Å². The number of unbranched alkanes of at least 4 members (excludes halogenated alkanes) is 1. The van der Waals surface area contributed by atoms with Gasteiger partial charge < -0.3 is 34.9 Å². The Morgan fingerprint density at radius 1 is 1.04 bits per heavy atom. The second kappa shape index (κ2) is 18.1. The number of halogens is 1. The van der Waals surface area contributed by atoms with Crippen molar-refractivity contribution in [1.82, 2.24) is 15.2 Å². The summed E-state index contributed by atoms with van der Waals surface area (Å²) in [6.07, 6.45) is 3.07. The molecule has 1 atom stereocenters. The Bertz CT molecular complexity index is 1350. The zero-order chi connectivity index (χ0) is 33.8. The molecule has 2 aromatic rings. The fraction of sp³-hybridized carbons (Fsp3) is 0.607. The van der Waals surface area contributed by atoms with Crippen molar-refractivity contribution in [3.63, 3.8) is 0 Å². The monoisotopic (exact) mass is 710 g/mol. The van der Waals surface area contributed by atoms with Crippen LogP contribution in [0, 0.1) is 0 Å². The highest BCUT2D eigenvalue weighted by atomic mass is 35.5. The topological polar surface area (TPSA) is 201 Å². The van der Waals surface area contributed by atoms with Crippen LogP contribution >= 0.6 is 38.6 Å². The van der Waals surface area contributed by atoms with E-state index in [0.29, 0.717) is 22.7 Å². The molecule has 0 spiro atoms. The first kappa shape index (κ1) is 39.6. The number of hydrogen-bond donors (Lipinski definition) is 6. The van der Waals surface area contributed by atoms with Gasteiger partial charge in [-0.05, 0) is 89.3 Å². The van der Waals surface area contributed by atoms with Crippen LogP contribution < -0.4 is 10.2 Å². The normalized spacial score (nSPS) is 13.3. The summed E-state index contributed by atoms with van der Waals surface area (Å²) in [7, 11) is -11.0. The van der Waals surface area contributed by atoms with E-state index in [1.54, 1.807) is 23.2 Å². The van der Waals surface area contributed by atoms with Gasteiger partial charge in [0.1, 0.15) is 0 Å². The van der Waals surface area contributed by atoms with Crippen molar-refractivity contribution in [2.45, 2.75) is 76.8 Å². The van der Waals surface area contributed by atoms with Gasteiger partial charge in [0, 0.05) is 41.4 Å². The molecule has 17 heteroatoms. The number of aliphatic hydroxyl groups is 1. The van der Waals surface area contributed by atoms with Gasteiger partial charge in [-0.25, -0.2) is 0 Å². The number of benzene rings is 1. The van der Waals surface area contributed by atoms with Crippen LogP contribution in [0.2, 0.25) is 5.02 Å². The molecule has 0 saturated carbocycles. The van der Waals surface area contributed by atoms with E-state index in [0.717, 1.165) is 55.3 Å². The molecule has 45 heavy (non-hydrogen) atoms. The third kappa shape index (κ3) is 11.6. The minimum Gasteiger partial charge on any atom is -0.368 e. The van der Waals surface area contributed by atoms with E-state index in [1.807, 2.05) is 19.1 Å². The fourth-order valence-corrected chi connectivity index (χ4v) is 8.14. The molecule has 1 aromatic carbocycles. The second-order valence-electron chi connectivity index (χ2n) is 10.8. The molecule has 254 valence electrons. The van der Waals surface area contributed by atoms with Crippen LogP contribution in [0.25, 0.3) is 10.9 Å². The second-order valence-corrected chi connectivity index (χ2v) is 16.3. The van der Waals surface area contributed by atoms with Crippen molar-refractivity contribution < 1.29 is 43.4 Å². The van der Waals surface area contributed by atoms with Crippen molar-refractivity contribution in [3.05, 3.63) is 35.5 Å².